The second-order valence-corrected chi connectivity index (χ2v) is 3.70. The first-order valence-electron chi connectivity index (χ1n) is 5.40. The van der Waals surface area contributed by atoms with Gasteiger partial charge in [-0.3, -0.25) is 4.79 Å². The van der Waals surface area contributed by atoms with Gasteiger partial charge in [0.2, 0.25) is 0 Å². The van der Waals surface area contributed by atoms with E-state index in [0.717, 1.165) is 18.7 Å². The van der Waals surface area contributed by atoms with Crippen LogP contribution in [0, 0.1) is 0 Å². The average molecular weight is 221 g/mol. The van der Waals surface area contributed by atoms with Crippen molar-refractivity contribution in [3.05, 3.63) is 29.8 Å². The Kier molecular flexibility index (Phi) is 3.54. The van der Waals surface area contributed by atoms with E-state index in [1.54, 1.807) is 4.90 Å². The van der Waals surface area contributed by atoms with Crippen LogP contribution in [0.3, 0.4) is 0 Å². The number of aliphatic hydroxyl groups is 1. The number of carbonyl (C=O) groups excluding carboxylic acids is 1. The lowest BCUT2D eigenvalue weighted by atomic mass is 10.2. The van der Waals surface area contributed by atoms with Crippen molar-refractivity contribution in [1.29, 1.82) is 0 Å². The molecule has 0 aliphatic carbocycles. The molecule has 0 bridgehead atoms. The number of aliphatic hydroxyl groups excluding tert-OH is 1. The van der Waals surface area contributed by atoms with Crippen LogP contribution in [0.2, 0.25) is 0 Å². The van der Waals surface area contributed by atoms with E-state index in [2.05, 4.69) is 0 Å². The Bertz CT molecular complexity index is 378. The minimum absolute atomic E-state index is 0.0366. The minimum atomic E-state index is -0.0517. The monoisotopic (exact) mass is 221 g/mol. The number of amides is 1. The van der Waals surface area contributed by atoms with Gasteiger partial charge in [0.15, 0.2) is 0 Å². The van der Waals surface area contributed by atoms with Crippen LogP contribution in [0.25, 0.3) is 0 Å². The molecule has 0 saturated carbocycles. The molecule has 0 spiro atoms. The number of rotatable bonds is 4. The molecule has 0 saturated heterocycles. The summed E-state index contributed by atoms with van der Waals surface area (Å²) in [6.07, 6.45) is 0.905. The Hall–Kier alpha value is -1.39. The van der Waals surface area contributed by atoms with Gasteiger partial charge in [-0.2, -0.15) is 0 Å². The zero-order valence-electron chi connectivity index (χ0n) is 9.06. The van der Waals surface area contributed by atoms with Crippen LogP contribution in [-0.4, -0.2) is 37.4 Å². The summed E-state index contributed by atoms with van der Waals surface area (Å²) in [6.45, 7) is 0.917. The standard InChI is InChI=1S/C12H15NO3/c14-7-8-16-9-12(15)13-6-5-10-3-1-2-4-11(10)13/h1-4,14H,5-9H2. The van der Waals surface area contributed by atoms with Gasteiger partial charge in [-0.15, -0.1) is 0 Å². The maximum Gasteiger partial charge on any atom is 0.252 e. The lowest BCUT2D eigenvalue weighted by molar-refractivity contribution is -0.123. The van der Waals surface area contributed by atoms with Crippen LogP contribution in [-0.2, 0) is 16.0 Å². The van der Waals surface area contributed by atoms with Gasteiger partial charge in [0.1, 0.15) is 6.61 Å². The number of para-hydroxylation sites is 1. The highest BCUT2D eigenvalue weighted by atomic mass is 16.5. The first-order chi connectivity index (χ1) is 7.83. The molecule has 1 aliphatic rings. The molecule has 4 nitrogen and oxygen atoms in total. The molecule has 0 unspecified atom stereocenters. The molecular weight excluding hydrogens is 206 g/mol. The molecule has 1 heterocycles. The molecule has 86 valence electrons. The summed E-state index contributed by atoms with van der Waals surface area (Å²) < 4.78 is 5.03. The predicted molar refractivity (Wildman–Crippen MR) is 60.4 cm³/mol. The Morgan fingerprint density at radius 2 is 2.25 bits per heavy atom. The van der Waals surface area contributed by atoms with Crippen molar-refractivity contribution in [3.8, 4) is 0 Å². The average Bonchev–Trinajstić information content (AvgIpc) is 2.73. The van der Waals surface area contributed by atoms with E-state index in [4.69, 9.17) is 9.84 Å². The number of nitrogens with zero attached hydrogens (tertiary/aromatic N) is 1. The minimum Gasteiger partial charge on any atom is -0.394 e. The van der Waals surface area contributed by atoms with Gasteiger partial charge in [0.05, 0.1) is 13.2 Å². The molecule has 1 amide bonds. The Morgan fingerprint density at radius 3 is 3.06 bits per heavy atom. The first-order valence-corrected chi connectivity index (χ1v) is 5.40. The summed E-state index contributed by atoms with van der Waals surface area (Å²) in [5, 5.41) is 8.55. The highest BCUT2D eigenvalue weighted by molar-refractivity contribution is 5.96. The van der Waals surface area contributed by atoms with Crippen LogP contribution < -0.4 is 4.90 Å². The maximum atomic E-state index is 11.8. The van der Waals surface area contributed by atoms with Gasteiger partial charge in [-0.1, -0.05) is 18.2 Å². The van der Waals surface area contributed by atoms with Gasteiger partial charge in [-0.05, 0) is 18.1 Å². The predicted octanol–water partition coefficient (Wildman–Crippen LogP) is 0.585. The normalized spacial score (nSPS) is 13.9. The highest BCUT2D eigenvalue weighted by Crippen LogP contribution is 2.27. The smallest absolute Gasteiger partial charge is 0.252 e. The lowest BCUT2D eigenvalue weighted by Crippen LogP contribution is -2.32. The van der Waals surface area contributed by atoms with E-state index in [1.165, 1.54) is 5.56 Å². The fraction of sp³-hybridized carbons (Fsp3) is 0.417. The topological polar surface area (TPSA) is 49.8 Å². The van der Waals surface area contributed by atoms with E-state index < -0.39 is 0 Å². The molecule has 0 atom stereocenters. The lowest BCUT2D eigenvalue weighted by Gasteiger charge is -2.16. The molecule has 1 aromatic carbocycles. The Balaban J connectivity index is 1.99. The van der Waals surface area contributed by atoms with Crippen molar-refractivity contribution >= 4 is 11.6 Å². The van der Waals surface area contributed by atoms with E-state index in [-0.39, 0.29) is 25.7 Å². The third kappa shape index (κ3) is 2.23. The third-order valence-corrected chi connectivity index (χ3v) is 2.65. The SMILES string of the molecule is O=C(COCCO)N1CCc2ccccc21. The summed E-state index contributed by atoms with van der Waals surface area (Å²) in [5.74, 6) is -0.0431. The summed E-state index contributed by atoms with van der Waals surface area (Å²) in [7, 11) is 0. The second kappa shape index (κ2) is 5.09. The molecule has 1 N–H and O–H groups in total. The molecule has 2 rings (SSSR count). The van der Waals surface area contributed by atoms with Gasteiger partial charge in [-0.25, -0.2) is 0 Å². The summed E-state index contributed by atoms with van der Waals surface area (Å²) in [6, 6.07) is 7.90. The largest absolute Gasteiger partial charge is 0.394 e. The Morgan fingerprint density at radius 1 is 1.44 bits per heavy atom. The van der Waals surface area contributed by atoms with Crippen LogP contribution in [0.15, 0.2) is 24.3 Å². The van der Waals surface area contributed by atoms with Crippen LogP contribution >= 0.6 is 0 Å². The van der Waals surface area contributed by atoms with E-state index in [9.17, 15) is 4.79 Å². The number of carbonyl (C=O) groups is 1. The fourth-order valence-corrected chi connectivity index (χ4v) is 1.90. The number of hydrogen-bond acceptors (Lipinski definition) is 3. The third-order valence-electron chi connectivity index (χ3n) is 2.65. The van der Waals surface area contributed by atoms with Crippen LogP contribution in [0.5, 0.6) is 0 Å². The molecule has 4 heteroatoms. The quantitative estimate of drug-likeness (QED) is 0.757. The van der Waals surface area contributed by atoms with E-state index >= 15 is 0 Å². The first kappa shape index (κ1) is 11.1. The molecule has 16 heavy (non-hydrogen) atoms. The molecule has 0 fully saturated rings. The molecule has 0 radical (unpaired) electrons. The zero-order valence-corrected chi connectivity index (χ0v) is 9.06. The van der Waals surface area contributed by atoms with Gasteiger partial charge in [0.25, 0.3) is 5.91 Å². The molecule has 1 aliphatic heterocycles. The number of ether oxygens (including phenoxy) is 1. The van der Waals surface area contributed by atoms with Crippen molar-refractivity contribution in [2.45, 2.75) is 6.42 Å². The van der Waals surface area contributed by atoms with Crippen molar-refractivity contribution < 1.29 is 14.6 Å². The van der Waals surface area contributed by atoms with Gasteiger partial charge < -0.3 is 14.7 Å². The number of anilines is 1. The van der Waals surface area contributed by atoms with Crippen molar-refractivity contribution in [2.75, 3.05) is 31.3 Å². The summed E-state index contributed by atoms with van der Waals surface area (Å²) in [5.41, 5.74) is 2.19. The molecular formula is C12H15NO3. The van der Waals surface area contributed by atoms with Gasteiger partial charge >= 0.3 is 0 Å². The van der Waals surface area contributed by atoms with Crippen LogP contribution in [0.1, 0.15) is 5.56 Å². The number of fused-ring (bicyclic) bond motifs is 1. The van der Waals surface area contributed by atoms with E-state index in [0.29, 0.717) is 0 Å². The molecule has 1 aromatic rings. The van der Waals surface area contributed by atoms with Crippen molar-refractivity contribution in [2.24, 2.45) is 0 Å². The number of hydrogen-bond donors (Lipinski definition) is 1. The maximum absolute atomic E-state index is 11.8. The number of benzene rings is 1. The van der Waals surface area contributed by atoms with Crippen molar-refractivity contribution in [1.82, 2.24) is 0 Å². The summed E-state index contributed by atoms with van der Waals surface area (Å²) >= 11 is 0. The highest BCUT2D eigenvalue weighted by Gasteiger charge is 2.23. The summed E-state index contributed by atoms with van der Waals surface area (Å²) in [4.78, 5) is 13.5. The zero-order chi connectivity index (χ0) is 11.4. The van der Waals surface area contributed by atoms with Crippen molar-refractivity contribution in [3.63, 3.8) is 0 Å². The van der Waals surface area contributed by atoms with Crippen LogP contribution in [0.4, 0.5) is 5.69 Å². The second-order valence-electron chi connectivity index (χ2n) is 3.70. The fourth-order valence-electron chi connectivity index (χ4n) is 1.90. The Labute approximate surface area is 94.4 Å². The molecule has 0 aromatic heterocycles. The van der Waals surface area contributed by atoms with Gasteiger partial charge in [0, 0.05) is 12.2 Å². The van der Waals surface area contributed by atoms with E-state index in [1.807, 2.05) is 24.3 Å².